The number of para-hydroxylation sites is 1. The number of carbonyl (C=O) groups is 1. The molecule has 4 N–H and O–H groups in total. The molecule has 0 aliphatic heterocycles. The lowest BCUT2D eigenvalue weighted by atomic mass is 10.1. The van der Waals surface area contributed by atoms with E-state index in [0.29, 0.717) is 17.4 Å². The van der Waals surface area contributed by atoms with Crippen LogP contribution in [0.4, 0.5) is 18.9 Å². The van der Waals surface area contributed by atoms with Crippen molar-refractivity contribution in [2.24, 2.45) is 0 Å². The molecule has 0 fully saturated rings. The lowest BCUT2D eigenvalue weighted by molar-refractivity contribution is -0.137. The van der Waals surface area contributed by atoms with E-state index >= 15 is 0 Å². The van der Waals surface area contributed by atoms with Crippen LogP contribution in [0, 0.1) is 6.92 Å². The lowest BCUT2D eigenvalue weighted by Gasteiger charge is -2.16. The van der Waals surface area contributed by atoms with Crippen LogP contribution in [-0.4, -0.2) is 20.7 Å². The van der Waals surface area contributed by atoms with Gasteiger partial charge in [0.25, 0.3) is 11.5 Å². The van der Waals surface area contributed by atoms with Crippen LogP contribution in [0.1, 0.15) is 27.0 Å². The third kappa shape index (κ3) is 6.33. The Kier molecular flexibility index (Phi) is 7.27. The Labute approximate surface area is 190 Å². The monoisotopic (exact) mass is 498 g/mol. The number of phosphoric ester groups is 1. The molecule has 1 heterocycles. The number of aryl methyl sites for hydroxylation is 1. The van der Waals surface area contributed by atoms with Crippen molar-refractivity contribution in [1.82, 2.24) is 4.98 Å². The first-order valence-electron chi connectivity index (χ1n) is 9.52. The van der Waals surface area contributed by atoms with Crippen LogP contribution in [0.5, 0.6) is 11.5 Å². The third-order valence-corrected chi connectivity index (χ3v) is 5.02. The number of pyridine rings is 1. The molecule has 3 rings (SSSR count). The highest BCUT2D eigenvalue weighted by atomic mass is 31.2. The van der Waals surface area contributed by atoms with Crippen molar-refractivity contribution in [1.29, 1.82) is 0 Å². The fraction of sp³-hybridized carbons (Fsp3) is 0.143. The lowest BCUT2D eigenvalue weighted by Crippen LogP contribution is -2.21. The van der Waals surface area contributed by atoms with Gasteiger partial charge in [0.05, 0.1) is 29.0 Å². The van der Waals surface area contributed by atoms with E-state index in [1.165, 1.54) is 6.07 Å². The number of aromatic nitrogens is 1. The minimum Gasteiger partial charge on any atom is -0.456 e. The molecule has 9 nitrogen and oxygen atoms in total. The molecule has 2 aromatic carbocycles. The van der Waals surface area contributed by atoms with Crippen LogP contribution in [-0.2, 0) is 21.9 Å². The predicted molar refractivity (Wildman–Crippen MR) is 115 cm³/mol. The smallest absolute Gasteiger partial charge is 0.456 e. The minimum absolute atomic E-state index is 0.183. The second-order valence-corrected chi connectivity index (χ2v) is 8.23. The molecule has 1 aromatic heterocycles. The number of benzene rings is 2. The van der Waals surface area contributed by atoms with E-state index in [4.69, 9.17) is 14.5 Å². The zero-order chi connectivity index (χ0) is 25.1. The molecule has 0 spiro atoms. The van der Waals surface area contributed by atoms with Gasteiger partial charge in [0.1, 0.15) is 11.5 Å². The van der Waals surface area contributed by atoms with Gasteiger partial charge in [-0.25, -0.2) is 4.57 Å². The number of hydrogen-bond acceptors (Lipinski definition) is 5. The van der Waals surface area contributed by atoms with Gasteiger partial charge in [0.15, 0.2) is 0 Å². The molecule has 180 valence electrons. The first-order chi connectivity index (χ1) is 15.8. The summed E-state index contributed by atoms with van der Waals surface area (Å²) in [6.07, 6.45) is -3.61. The van der Waals surface area contributed by atoms with Crippen LogP contribution in [0.25, 0.3) is 0 Å². The maximum Gasteiger partial charge on any atom is 0.469 e. The van der Waals surface area contributed by atoms with E-state index in [1.807, 2.05) is 0 Å². The van der Waals surface area contributed by atoms with Crippen LogP contribution in [0.15, 0.2) is 59.5 Å². The predicted octanol–water partition coefficient (Wildman–Crippen LogP) is 4.36. The van der Waals surface area contributed by atoms with Crippen molar-refractivity contribution in [3.8, 4) is 11.5 Å². The molecule has 0 aliphatic rings. The number of carbonyl (C=O) groups excluding carboxylic acids is 1. The first-order valence-corrected chi connectivity index (χ1v) is 11.0. The molecule has 13 heteroatoms. The second-order valence-electron chi connectivity index (χ2n) is 6.99. The van der Waals surface area contributed by atoms with Crippen molar-refractivity contribution in [3.63, 3.8) is 0 Å². The van der Waals surface area contributed by atoms with Crippen LogP contribution >= 0.6 is 7.82 Å². The molecule has 0 atom stereocenters. The Morgan fingerprint density at radius 3 is 2.47 bits per heavy atom. The van der Waals surface area contributed by atoms with Gasteiger partial charge in [-0.3, -0.25) is 14.1 Å². The van der Waals surface area contributed by atoms with Crippen LogP contribution < -0.4 is 15.6 Å². The zero-order valence-electron chi connectivity index (χ0n) is 17.4. The highest BCUT2D eigenvalue weighted by Gasteiger charge is 2.32. The quantitative estimate of drug-likeness (QED) is 0.355. The van der Waals surface area contributed by atoms with Gasteiger partial charge >= 0.3 is 14.0 Å². The molecule has 0 aliphatic carbocycles. The normalized spacial score (nSPS) is 11.8. The second kappa shape index (κ2) is 9.82. The highest BCUT2D eigenvalue weighted by molar-refractivity contribution is 7.46. The topological polar surface area (TPSA) is 138 Å². The summed E-state index contributed by atoms with van der Waals surface area (Å²) in [5.74, 6) is -0.932. The Morgan fingerprint density at radius 2 is 1.82 bits per heavy atom. The maximum atomic E-state index is 13.3. The average Bonchev–Trinajstić information content (AvgIpc) is 2.73. The molecule has 3 aromatic rings. The Morgan fingerprint density at radius 1 is 1.12 bits per heavy atom. The summed E-state index contributed by atoms with van der Waals surface area (Å²) in [7, 11) is -4.95. The molecule has 0 bridgehead atoms. The van der Waals surface area contributed by atoms with Crippen molar-refractivity contribution in [3.05, 3.63) is 87.3 Å². The van der Waals surface area contributed by atoms with Gasteiger partial charge in [0, 0.05) is 6.20 Å². The maximum absolute atomic E-state index is 13.3. The molecule has 0 saturated heterocycles. The Hall–Kier alpha value is -3.44. The number of halogens is 3. The van der Waals surface area contributed by atoms with Gasteiger partial charge in [-0.1, -0.05) is 18.2 Å². The number of hydrogen-bond donors (Lipinski definition) is 4. The van der Waals surface area contributed by atoms with Crippen molar-refractivity contribution >= 4 is 19.4 Å². The number of ether oxygens (including phenoxy) is 1. The fourth-order valence-corrected chi connectivity index (χ4v) is 3.17. The Bertz CT molecular complexity index is 1320. The molecule has 0 unspecified atom stereocenters. The fourth-order valence-electron chi connectivity index (χ4n) is 2.87. The molecular weight excluding hydrogens is 480 g/mol. The number of amides is 1. The van der Waals surface area contributed by atoms with E-state index in [9.17, 15) is 27.3 Å². The molecule has 1 amide bonds. The molecular formula is C21H18F3N2O7P. The van der Waals surface area contributed by atoms with Crippen molar-refractivity contribution in [2.75, 3.05) is 5.32 Å². The van der Waals surface area contributed by atoms with Crippen molar-refractivity contribution < 1.29 is 41.6 Å². The number of alkyl halides is 3. The van der Waals surface area contributed by atoms with Gasteiger partial charge in [-0.15, -0.1) is 0 Å². The van der Waals surface area contributed by atoms with Gasteiger partial charge in [0.2, 0.25) is 0 Å². The van der Waals surface area contributed by atoms with Crippen LogP contribution in [0.3, 0.4) is 0 Å². The first kappa shape index (κ1) is 25.2. The van der Waals surface area contributed by atoms with E-state index < -0.39 is 43.2 Å². The van der Waals surface area contributed by atoms with E-state index in [0.717, 1.165) is 18.3 Å². The average molecular weight is 498 g/mol. The third-order valence-electron chi connectivity index (χ3n) is 4.55. The number of H-pyrrole nitrogens is 1. The number of phosphoric acid groups is 1. The van der Waals surface area contributed by atoms with Gasteiger partial charge in [-0.2, -0.15) is 13.2 Å². The number of rotatable bonds is 7. The van der Waals surface area contributed by atoms with E-state index in [-0.39, 0.29) is 17.0 Å². The molecule has 34 heavy (non-hydrogen) atoms. The highest BCUT2D eigenvalue weighted by Crippen LogP contribution is 2.38. The summed E-state index contributed by atoms with van der Waals surface area (Å²) in [4.78, 5) is 45.1. The summed E-state index contributed by atoms with van der Waals surface area (Å²) in [6, 6.07) is 10.2. The van der Waals surface area contributed by atoms with Crippen LogP contribution in [0.2, 0.25) is 0 Å². The number of anilines is 1. The summed E-state index contributed by atoms with van der Waals surface area (Å²) in [6.45, 7) is 0.841. The Balaban J connectivity index is 2.01. The van der Waals surface area contributed by atoms with Gasteiger partial charge in [-0.05, 0) is 42.8 Å². The minimum atomic E-state index is -4.95. The van der Waals surface area contributed by atoms with Gasteiger partial charge < -0.3 is 24.8 Å². The molecule has 0 saturated carbocycles. The number of nitrogens with one attached hydrogen (secondary N) is 2. The summed E-state index contributed by atoms with van der Waals surface area (Å²) in [5.41, 5.74) is -2.33. The number of aromatic amines is 1. The summed E-state index contributed by atoms with van der Waals surface area (Å²) >= 11 is 0. The SMILES string of the molecule is Cc1ccccc1Oc1ccc(C(F)(F)F)cc1C(=O)Nc1cc[nH]c(=O)c1COP(=O)(O)O. The molecule has 0 radical (unpaired) electrons. The van der Waals surface area contributed by atoms with E-state index in [1.54, 1.807) is 31.2 Å². The largest absolute Gasteiger partial charge is 0.469 e. The van der Waals surface area contributed by atoms with E-state index in [2.05, 4.69) is 14.8 Å². The summed E-state index contributed by atoms with van der Waals surface area (Å²) in [5, 5.41) is 2.28. The zero-order valence-corrected chi connectivity index (χ0v) is 18.3. The summed E-state index contributed by atoms with van der Waals surface area (Å²) < 4.78 is 60.9. The standard InChI is InChI=1S/C21H18F3N2O7P/c1-12-4-2-3-5-17(12)33-18-7-6-13(21(22,23)24)10-14(18)20(28)26-16-8-9-25-19(27)15(16)11-32-34(29,30)31/h2-10H,11H2,1H3,(H2,29,30,31)(H2,25,26,27,28). The van der Waals surface area contributed by atoms with Crippen molar-refractivity contribution in [2.45, 2.75) is 19.7 Å².